The summed E-state index contributed by atoms with van der Waals surface area (Å²) in [6, 6.07) is 7.70. The number of carbonyl (C=O) groups excluding carboxylic acids is 1. The summed E-state index contributed by atoms with van der Waals surface area (Å²) in [4.78, 5) is 12.3. The number of benzene rings is 1. The van der Waals surface area contributed by atoms with E-state index in [4.69, 9.17) is 4.42 Å². The fraction of sp³-hybridized carbons (Fsp3) is 0.250. The van der Waals surface area contributed by atoms with Crippen LogP contribution in [0.15, 0.2) is 58.8 Å². The highest BCUT2D eigenvalue weighted by molar-refractivity contribution is 7.99. The largest absolute Gasteiger partial charge is 0.469 e. The normalized spacial score (nSPS) is 12.0. The standard InChI is InChI=1S/C20H21FN4O2S/c1-4-10-25-19(17-9-11-27-14(17)3)23-24-20(25)28-12-18(26)22-13(2)15-5-7-16(21)8-6-15/h4-9,11,13H,1,10,12H2,2-3H3,(H,22,26). The molecule has 0 aliphatic rings. The number of halogens is 1. The smallest absolute Gasteiger partial charge is 0.230 e. The molecule has 1 unspecified atom stereocenters. The van der Waals surface area contributed by atoms with E-state index in [-0.39, 0.29) is 23.5 Å². The van der Waals surface area contributed by atoms with Gasteiger partial charge in [-0.25, -0.2) is 4.39 Å². The maximum atomic E-state index is 13.0. The number of aromatic nitrogens is 3. The van der Waals surface area contributed by atoms with Gasteiger partial charge in [0.2, 0.25) is 5.91 Å². The first-order chi connectivity index (χ1) is 13.5. The monoisotopic (exact) mass is 400 g/mol. The molecule has 0 fully saturated rings. The fourth-order valence-corrected chi connectivity index (χ4v) is 3.51. The minimum Gasteiger partial charge on any atom is -0.469 e. The molecule has 146 valence electrons. The van der Waals surface area contributed by atoms with Crippen LogP contribution in [0.3, 0.4) is 0 Å². The van der Waals surface area contributed by atoms with E-state index in [0.29, 0.717) is 17.5 Å². The Bertz CT molecular complexity index is 965. The summed E-state index contributed by atoms with van der Waals surface area (Å²) < 4.78 is 20.3. The number of rotatable bonds is 8. The molecule has 3 rings (SSSR count). The summed E-state index contributed by atoms with van der Waals surface area (Å²) in [5, 5.41) is 12.0. The van der Waals surface area contributed by atoms with Gasteiger partial charge in [-0.2, -0.15) is 0 Å². The molecule has 0 aliphatic heterocycles. The summed E-state index contributed by atoms with van der Waals surface area (Å²) in [7, 11) is 0. The van der Waals surface area contributed by atoms with E-state index in [1.165, 1.54) is 23.9 Å². The van der Waals surface area contributed by atoms with E-state index in [1.54, 1.807) is 24.5 Å². The molecule has 1 atom stereocenters. The molecule has 3 aromatic rings. The van der Waals surface area contributed by atoms with Gasteiger partial charge in [0.05, 0.1) is 23.6 Å². The number of nitrogens with one attached hydrogen (secondary N) is 1. The van der Waals surface area contributed by atoms with Gasteiger partial charge in [0.15, 0.2) is 11.0 Å². The maximum Gasteiger partial charge on any atom is 0.230 e. The van der Waals surface area contributed by atoms with Gasteiger partial charge in [-0.15, -0.1) is 16.8 Å². The zero-order valence-corrected chi connectivity index (χ0v) is 16.5. The third-order valence-electron chi connectivity index (χ3n) is 4.21. The SMILES string of the molecule is C=CCn1c(SCC(=O)NC(C)c2ccc(F)cc2)nnc1-c1ccoc1C. The van der Waals surface area contributed by atoms with Crippen molar-refractivity contribution in [2.75, 3.05) is 5.75 Å². The van der Waals surface area contributed by atoms with Gasteiger partial charge in [-0.05, 0) is 37.6 Å². The van der Waals surface area contributed by atoms with Crippen LogP contribution in [0.25, 0.3) is 11.4 Å². The molecular formula is C20H21FN4O2S. The minimum absolute atomic E-state index is 0.143. The quantitative estimate of drug-likeness (QED) is 0.454. The Kier molecular flexibility index (Phi) is 6.30. The van der Waals surface area contributed by atoms with Crippen LogP contribution in [0.2, 0.25) is 0 Å². The molecule has 0 aliphatic carbocycles. The van der Waals surface area contributed by atoms with Gasteiger partial charge in [0.1, 0.15) is 11.6 Å². The second-order valence-electron chi connectivity index (χ2n) is 6.23. The number of amides is 1. The van der Waals surface area contributed by atoms with Crippen molar-refractivity contribution in [2.24, 2.45) is 0 Å². The Hall–Kier alpha value is -2.87. The van der Waals surface area contributed by atoms with Crippen LogP contribution in [-0.4, -0.2) is 26.4 Å². The number of nitrogens with zero attached hydrogens (tertiary/aromatic N) is 3. The maximum absolute atomic E-state index is 13.0. The lowest BCUT2D eigenvalue weighted by Gasteiger charge is -2.14. The molecule has 0 bridgehead atoms. The molecular weight excluding hydrogens is 379 g/mol. The second-order valence-corrected chi connectivity index (χ2v) is 7.17. The average molecular weight is 400 g/mol. The first kappa shape index (κ1) is 19.9. The Labute approximate surface area is 166 Å². The Morgan fingerprint density at radius 1 is 1.36 bits per heavy atom. The Morgan fingerprint density at radius 3 is 2.75 bits per heavy atom. The van der Waals surface area contributed by atoms with E-state index in [2.05, 4.69) is 22.1 Å². The van der Waals surface area contributed by atoms with Crippen LogP contribution in [0.4, 0.5) is 4.39 Å². The first-order valence-corrected chi connectivity index (χ1v) is 9.74. The van der Waals surface area contributed by atoms with Crippen molar-refractivity contribution in [3.63, 3.8) is 0 Å². The average Bonchev–Trinajstić information content (AvgIpc) is 3.26. The zero-order valence-electron chi connectivity index (χ0n) is 15.7. The van der Waals surface area contributed by atoms with E-state index in [1.807, 2.05) is 24.5 Å². The van der Waals surface area contributed by atoms with Crippen molar-refractivity contribution in [1.29, 1.82) is 0 Å². The molecule has 28 heavy (non-hydrogen) atoms. The highest BCUT2D eigenvalue weighted by Crippen LogP contribution is 2.27. The van der Waals surface area contributed by atoms with E-state index in [0.717, 1.165) is 16.9 Å². The Balaban J connectivity index is 1.66. The highest BCUT2D eigenvalue weighted by Gasteiger charge is 2.18. The van der Waals surface area contributed by atoms with Crippen LogP contribution in [0.5, 0.6) is 0 Å². The highest BCUT2D eigenvalue weighted by atomic mass is 32.2. The van der Waals surface area contributed by atoms with Crippen LogP contribution < -0.4 is 5.32 Å². The fourth-order valence-electron chi connectivity index (χ4n) is 2.75. The summed E-state index contributed by atoms with van der Waals surface area (Å²) in [6.07, 6.45) is 3.36. The summed E-state index contributed by atoms with van der Waals surface area (Å²) in [6.45, 7) is 8.02. The number of hydrogen-bond donors (Lipinski definition) is 1. The van der Waals surface area contributed by atoms with Crippen molar-refractivity contribution in [3.8, 4) is 11.4 Å². The topological polar surface area (TPSA) is 73.0 Å². The Morgan fingerprint density at radius 2 is 2.11 bits per heavy atom. The van der Waals surface area contributed by atoms with Crippen LogP contribution in [0.1, 0.15) is 24.3 Å². The lowest BCUT2D eigenvalue weighted by atomic mass is 10.1. The van der Waals surface area contributed by atoms with Crippen LogP contribution in [0, 0.1) is 12.7 Å². The van der Waals surface area contributed by atoms with Gasteiger partial charge < -0.3 is 9.73 Å². The molecule has 1 aromatic carbocycles. The lowest BCUT2D eigenvalue weighted by molar-refractivity contribution is -0.119. The van der Waals surface area contributed by atoms with E-state index >= 15 is 0 Å². The molecule has 0 saturated carbocycles. The predicted octanol–water partition coefficient (Wildman–Crippen LogP) is 4.14. The molecule has 1 N–H and O–H groups in total. The number of hydrogen-bond acceptors (Lipinski definition) is 5. The van der Waals surface area contributed by atoms with Gasteiger partial charge >= 0.3 is 0 Å². The molecule has 0 spiro atoms. The van der Waals surface area contributed by atoms with Gasteiger partial charge in [0, 0.05) is 6.54 Å². The second kappa shape index (κ2) is 8.88. The molecule has 2 heterocycles. The third-order valence-corrected chi connectivity index (χ3v) is 5.17. The van der Waals surface area contributed by atoms with Crippen molar-refractivity contribution >= 4 is 17.7 Å². The molecule has 2 aromatic heterocycles. The molecule has 8 heteroatoms. The number of furan rings is 1. The predicted molar refractivity (Wildman–Crippen MR) is 106 cm³/mol. The molecule has 0 radical (unpaired) electrons. The first-order valence-electron chi connectivity index (χ1n) is 8.75. The van der Waals surface area contributed by atoms with Crippen molar-refractivity contribution in [1.82, 2.24) is 20.1 Å². The molecule has 6 nitrogen and oxygen atoms in total. The van der Waals surface area contributed by atoms with Crippen molar-refractivity contribution in [3.05, 3.63) is 66.4 Å². The third kappa shape index (κ3) is 4.51. The minimum atomic E-state index is -0.303. The number of carbonyl (C=O) groups is 1. The van der Waals surface area contributed by atoms with Gasteiger partial charge in [-0.3, -0.25) is 9.36 Å². The lowest BCUT2D eigenvalue weighted by Crippen LogP contribution is -2.28. The number of thioether (sulfide) groups is 1. The van der Waals surface area contributed by atoms with Crippen LogP contribution >= 0.6 is 11.8 Å². The zero-order chi connectivity index (χ0) is 20.1. The molecule has 1 amide bonds. The van der Waals surface area contributed by atoms with Gasteiger partial charge in [0.25, 0.3) is 0 Å². The van der Waals surface area contributed by atoms with E-state index in [9.17, 15) is 9.18 Å². The number of allylic oxidation sites excluding steroid dienone is 1. The summed E-state index contributed by atoms with van der Waals surface area (Å²) in [5.41, 5.74) is 1.70. The summed E-state index contributed by atoms with van der Waals surface area (Å²) >= 11 is 1.30. The number of aryl methyl sites for hydroxylation is 1. The van der Waals surface area contributed by atoms with Gasteiger partial charge in [-0.1, -0.05) is 30.0 Å². The summed E-state index contributed by atoms with van der Waals surface area (Å²) in [5.74, 6) is 1.17. The van der Waals surface area contributed by atoms with Crippen molar-refractivity contribution in [2.45, 2.75) is 31.6 Å². The van der Waals surface area contributed by atoms with Crippen molar-refractivity contribution < 1.29 is 13.6 Å². The molecule has 0 saturated heterocycles. The van der Waals surface area contributed by atoms with E-state index < -0.39 is 0 Å². The van der Waals surface area contributed by atoms with Crippen LogP contribution in [-0.2, 0) is 11.3 Å².